The fraction of sp³-hybridized carbons (Fsp3) is 0.414. The molecule has 4 rings (SSSR count). The number of nitrogens with zero attached hydrogens (tertiary/aromatic N) is 3. The van der Waals surface area contributed by atoms with Crippen molar-refractivity contribution in [2.75, 3.05) is 43.1 Å². The summed E-state index contributed by atoms with van der Waals surface area (Å²) in [6, 6.07) is 11.0. The van der Waals surface area contributed by atoms with Crippen LogP contribution in [0, 0.1) is 6.92 Å². The second-order valence-corrected chi connectivity index (χ2v) is 9.41. The second-order valence-electron chi connectivity index (χ2n) is 9.41. The number of rotatable bonds is 9. The lowest BCUT2D eigenvalue weighted by molar-refractivity contribution is -0.138. The molecule has 1 aliphatic rings. The second kappa shape index (κ2) is 12.5. The molecule has 3 aromatic rings. The van der Waals surface area contributed by atoms with Gasteiger partial charge in [0.15, 0.2) is 0 Å². The molecule has 1 aromatic heterocycles. The molecular formula is C29H33F3N4O3. The molecule has 1 saturated heterocycles. The number of hydrogen-bond donors (Lipinski definition) is 1. The van der Waals surface area contributed by atoms with Crippen LogP contribution in [-0.4, -0.2) is 49.0 Å². The average Bonchev–Trinajstić information content (AvgIpc) is 2.93. The summed E-state index contributed by atoms with van der Waals surface area (Å²) in [6.45, 7) is 8.74. The number of alkyl halides is 3. The third kappa shape index (κ3) is 6.86. The van der Waals surface area contributed by atoms with Crippen molar-refractivity contribution < 1.29 is 27.4 Å². The summed E-state index contributed by atoms with van der Waals surface area (Å²) < 4.78 is 52.3. The first-order chi connectivity index (χ1) is 18.7. The number of anilines is 2. The SMILES string of the molecule is CCCCc1ccc(C(=O)Nc2ccc(C)c(-c3cc(N4CCOCC4)c(OCC)nn3)c2)cc1C(F)(F)F. The normalized spacial score (nSPS) is 13.8. The highest BCUT2D eigenvalue weighted by molar-refractivity contribution is 6.04. The van der Waals surface area contributed by atoms with Gasteiger partial charge in [-0.15, -0.1) is 10.2 Å². The maximum Gasteiger partial charge on any atom is 0.416 e. The van der Waals surface area contributed by atoms with E-state index < -0.39 is 17.6 Å². The van der Waals surface area contributed by atoms with Crippen LogP contribution in [0.15, 0.2) is 42.5 Å². The standard InChI is InChI=1S/C29H33F3N4O3/c1-4-6-7-20-9-10-21(16-24(20)29(30,31)32)27(37)33-22-11-8-19(3)23(17-22)25-18-26(28(35-34-25)39-5-2)36-12-14-38-15-13-36/h8-11,16-18H,4-7,12-15H2,1-3H3,(H,33,37). The maximum atomic E-state index is 13.7. The van der Waals surface area contributed by atoms with E-state index in [1.54, 1.807) is 12.1 Å². The van der Waals surface area contributed by atoms with Gasteiger partial charge in [-0.3, -0.25) is 4.79 Å². The van der Waals surface area contributed by atoms with E-state index in [1.807, 2.05) is 32.9 Å². The highest BCUT2D eigenvalue weighted by Gasteiger charge is 2.34. The number of carbonyl (C=O) groups excluding carboxylic acids is 1. The average molecular weight is 543 g/mol. The van der Waals surface area contributed by atoms with Gasteiger partial charge < -0.3 is 19.7 Å². The molecule has 2 heterocycles. The van der Waals surface area contributed by atoms with Gasteiger partial charge >= 0.3 is 6.18 Å². The van der Waals surface area contributed by atoms with Crippen LogP contribution in [0.25, 0.3) is 11.3 Å². The Bertz CT molecular complexity index is 1310. The van der Waals surface area contributed by atoms with E-state index in [9.17, 15) is 18.0 Å². The predicted molar refractivity (Wildman–Crippen MR) is 144 cm³/mol. The maximum absolute atomic E-state index is 13.7. The fourth-order valence-corrected chi connectivity index (χ4v) is 4.52. The van der Waals surface area contributed by atoms with Crippen LogP contribution in [0.5, 0.6) is 5.88 Å². The largest absolute Gasteiger partial charge is 0.475 e. The number of unbranched alkanes of at least 4 members (excludes halogenated alkanes) is 1. The van der Waals surface area contributed by atoms with Crippen molar-refractivity contribution in [1.29, 1.82) is 0 Å². The summed E-state index contributed by atoms with van der Waals surface area (Å²) in [5.74, 6) is -0.183. The van der Waals surface area contributed by atoms with E-state index in [4.69, 9.17) is 9.47 Å². The number of aromatic nitrogens is 2. The molecule has 1 aliphatic heterocycles. The predicted octanol–water partition coefficient (Wildman–Crippen LogP) is 6.30. The number of carbonyl (C=O) groups is 1. The Hall–Kier alpha value is -3.66. The molecule has 1 amide bonds. The van der Waals surface area contributed by atoms with E-state index in [2.05, 4.69) is 20.4 Å². The Morgan fingerprint density at radius 3 is 2.54 bits per heavy atom. The summed E-state index contributed by atoms with van der Waals surface area (Å²) >= 11 is 0. The van der Waals surface area contributed by atoms with E-state index in [1.165, 1.54) is 12.1 Å². The third-order valence-electron chi connectivity index (χ3n) is 6.62. The summed E-state index contributed by atoms with van der Waals surface area (Å²) in [6.07, 6.45) is -2.81. The summed E-state index contributed by atoms with van der Waals surface area (Å²) in [7, 11) is 0. The minimum Gasteiger partial charge on any atom is -0.475 e. The molecule has 0 bridgehead atoms. The number of halogens is 3. The van der Waals surface area contributed by atoms with Crippen LogP contribution in [0.3, 0.4) is 0 Å². The van der Waals surface area contributed by atoms with Gasteiger partial charge in [0, 0.05) is 29.9 Å². The van der Waals surface area contributed by atoms with Gasteiger partial charge in [0.2, 0.25) is 0 Å². The van der Waals surface area contributed by atoms with E-state index in [0.29, 0.717) is 63.0 Å². The first-order valence-corrected chi connectivity index (χ1v) is 13.2. The molecule has 1 N–H and O–H groups in total. The fourth-order valence-electron chi connectivity index (χ4n) is 4.52. The zero-order chi connectivity index (χ0) is 28.0. The number of benzene rings is 2. The van der Waals surface area contributed by atoms with Crippen LogP contribution in [0.4, 0.5) is 24.5 Å². The first kappa shape index (κ1) is 28.4. The number of ether oxygens (including phenoxy) is 2. The molecule has 0 spiro atoms. The molecule has 39 heavy (non-hydrogen) atoms. The molecule has 0 saturated carbocycles. The van der Waals surface area contributed by atoms with E-state index in [-0.39, 0.29) is 11.1 Å². The zero-order valence-electron chi connectivity index (χ0n) is 22.4. The van der Waals surface area contributed by atoms with Crippen molar-refractivity contribution in [3.8, 4) is 17.1 Å². The number of nitrogens with one attached hydrogen (secondary N) is 1. The molecule has 0 unspecified atom stereocenters. The van der Waals surface area contributed by atoms with Crippen molar-refractivity contribution in [3.63, 3.8) is 0 Å². The van der Waals surface area contributed by atoms with Crippen molar-refractivity contribution >= 4 is 17.3 Å². The Balaban J connectivity index is 1.62. The highest BCUT2D eigenvalue weighted by atomic mass is 19.4. The van der Waals surface area contributed by atoms with Gasteiger partial charge in [0.05, 0.1) is 31.1 Å². The third-order valence-corrected chi connectivity index (χ3v) is 6.62. The molecule has 0 atom stereocenters. The number of morpholine rings is 1. The molecule has 1 fully saturated rings. The van der Waals surface area contributed by atoms with Gasteiger partial charge in [0.1, 0.15) is 5.69 Å². The smallest absolute Gasteiger partial charge is 0.416 e. The van der Waals surface area contributed by atoms with Gasteiger partial charge in [0.25, 0.3) is 11.8 Å². The molecule has 7 nitrogen and oxygen atoms in total. The topological polar surface area (TPSA) is 76.6 Å². The first-order valence-electron chi connectivity index (χ1n) is 13.2. The van der Waals surface area contributed by atoms with E-state index >= 15 is 0 Å². The van der Waals surface area contributed by atoms with Gasteiger partial charge in [-0.2, -0.15) is 13.2 Å². The summed E-state index contributed by atoms with van der Waals surface area (Å²) in [4.78, 5) is 15.1. The van der Waals surface area contributed by atoms with Crippen molar-refractivity contribution in [2.24, 2.45) is 0 Å². The molecular weight excluding hydrogens is 509 g/mol. The molecule has 10 heteroatoms. The van der Waals surface area contributed by atoms with Crippen LogP contribution in [-0.2, 0) is 17.3 Å². The lowest BCUT2D eigenvalue weighted by atomic mass is 9.98. The van der Waals surface area contributed by atoms with Gasteiger partial charge in [-0.05, 0) is 68.1 Å². The molecule has 0 radical (unpaired) electrons. The number of hydrogen-bond acceptors (Lipinski definition) is 6. The number of aryl methyl sites for hydroxylation is 2. The minimum atomic E-state index is -4.54. The van der Waals surface area contributed by atoms with Crippen molar-refractivity contribution in [2.45, 2.75) is 46.2 Å². The van der Waals surface area contributed by atoms with Crippen molar-refractivity contribution in [1.82, 2.24) is 10.2 Å². The highest BCUT2D eigenvalue weighted by Crippen LogP contribution is 2.35. The monoisotopic (exact) mass is 542 g/mol. The Morgan fingerprint density at radius 2 is 1.85 bits per heavy atom. The van der Waals surface area contributed by atoms with Crippen LogP contribution in [0.2, 0.25) is 0 Å². The quantitative estimate of drug-likeness (QED) is 0.342. The Morgan fingerprint density at radius 1 is 1.08 bits per heavy atom. The zero-order valence-corrected chi connectivity index (χ0v) is 22.4. The summed E-state index contributed by atoms with van der Waals surface area (Å²) in [5, 5.41) is 11.4. The number of amides is 1. The minimum absolute atomic E-state index is 0.0554. The van der Waals surface area contributed by atoms with Crippen LogP contribution in [0.1, 0.15) is 53.7 Å². The van der Waals surface area contributed by atoms with Crippen LogP contribution >= 0.6 is 0 Å². The lowest BCUT2D eigenvalue weighted by Crippen LogP contribution is -2.36. The Kier molecular flexibility index (Phi) is 9.06. The lowest BCUT2D eigenvalue weighted by Gasteiger charge is -2.29. The molecule has 208 valence electrons. The van der Waals surface area contributed by atoms with Gasteiger partial charge in [-0.1, -0.05) is 25.5 Å². The molecule has 0 aliphatic carbocycles. The Labute approximate surface area is 226 Å². The van der Waals surface area contributed by atoms with E-state index in [0.717, 1.165) is 29.3 Å². The summed E-state index contributed by atoms with van der Waals surface area (Å²) in [5.41, 5.74) is 2.85. The van der Waals surface area contributed by atoms with Crippen LogP contribution < -0.4 is 15.0 Å². The van der Waals surface area contributed by atoms with Gasteiger partial charge in [-0.25, -0.2) is 0 Å². The molecule has 2 aromatic carbocycles. The van der Waals surface area contributed by atoms with Crippen molar-refractivity contribution in [3.05, 3.63) is 64.7 Å².